The topological polar surface area (TPSA) is 0 Å². The van der Waals surface area contributed by atoms with Crippen molar-refractivity contribution in [1.29, 1.82) is 0 Å². The van der Waals surface area contributed by atoms with Gasteiger partial charge >= 0.3 is 0 Å². The minimum absolute atomic E-state index is 0.378. The SMILES string of the molecule is C[Si-](CC1C=Cc2ccccc21)C1C=CC(C[Si](C)(C)C)=C1. The van der Waals surface area contributed by atoms with Crippen LogP contribution in [0.2, 0.25) is 43.8 Å². The first-order chi connectivity index (χ1) is 10.4. The summed E-state index contributed by atoms with van der Waals surface area (Å²) in [5.74, 6) is 0.651. The summed E-state index contributed by atoms with van der Waals surface area (Å²) in [4.78, 5) is 0. The van der Waals surface area contributed by atoms with E-state index in [0.717, 1.165) is 5.54 Å². The van der Waals surface area contributed by atoms with E-state index in [1.54, 1.807) is 11.1 Å². The van der Waals surface area contributed by atoms with Gasteiger partial charge in [0.2, 0.25) is 0 Å². The minimum Gasteiger partial charge on any atom is -0.249 e. The van der Waals surface area contributed by atoms with Crippen LogP contribution >= 0.6 is 0 Å². The van der Waals surface area contributed by atoms with Crippen LogP contribution in [0.3, 0.4) is 0 Å². The fraction of sp³-hybridized carbons (Fsp3) is 0.400. The third-order valence-corrected chi connectivity index (χ3v) is 8.71. The Balaban J connectivity index is 1.64. The Morgan fingerprint density at radius 3 is 2.59 bits per heavy atom. The molecule has 0 nitrogen and oxygen atoms in total. The van der Waals surface area contributed by atoms with Crippen molar-refractivity contribution < 1.29 is 0 Å². The lowest BCUT2D eigenvalue weighted by atomic mass is 10.0. The lowest BCUT2D eigenvalue weighted by Crippen LogP contribution is -2.19. The van der Waals surface area contributed by atoms with E-state index < -0.39 is 8.07 Å². The minimum atomic E-state index is -0.989. The average molecular weight is 324 g/mol. The molecule has 0 spiro atoms. The monoisotopic (exact) mass is 323 g/mol. The molecule has 0 saturated carbocycles. The maximum Gasteiger partial charge on any atom is 0.0486 e. The van der Waals surface area contributed by atoms with Gasteiger partial charge in [0.15, 0.2) is 0 Å². The molecule has 2 aliphatic carbocycles. The van der Waals surface area contributed by atoms with Crippen LogP contribution in [0, 0.1) is 0 Å². The van der Waals surface area contributed by atoms with Gasteiger partial charge in [0.1, 0.15) is 0 Å². The molecule has 0 aromatic heterocycles. The van der Waals surface area contributed by atoms with Gasteiger partial charge in [-0.1, -0.05) is 67.7 Å². The van der Waals surface area contributed by atoms with Crippen molar-refractivity contribution in [2.24, 2.45) is 0 Å². The van der Waals surface area contributed by atoms with Gasteiger partial charge in [-0.3, -0.25) is 0 Å². The zero-order valence-electron chi connectivity index (χ0n) is 14.3. The van der Waals surface area contributed by atoms with Crippen LogP contribution in [0.1, 0.15) is 17.0 Å². The highest BCUT2D eigenvalue weighted by molar-refractivity contribution is 6.76. The van der Waals surface area contributed by atoms with Gasteiger partial charge in [-0.05, 0) is 23.1 Å². The first-order valence-electron chi connectivity index (χ1n) is 8.41. The van der Waals surface area contributed by atoms with Crippen LogP contribution in [0.4, 0.5) is 0 Å². The average Bonchev–Trinajstić information content (AvgIpc) is 3.05. The van der Waals surface area contributed by atoms with Crippen molar-refractivity contribution in [3.63, 3.8) is 0 Å². The Morgan fingerprint density at radius 2 is 1.82 bits per heavy atom. The highest BCUT2D eigenvalue weighted by Crippen LogP contribution is 2.37. The third-order valence-electron chi connectivity index (χ3n) is 4.66. The molecule has 2 heteroatoms. The maximum absolute atomic E-state index is 2.58. The van der Waals surface area contributed by atoms with Crippen molar-refractivity contribution in [2.75, 3.05) is 0 Å². The molecular formula is C20H27Si2-. The van der Waals surface area contributed by atoms with E-state index in [2.05, 4.69) is 80.8 Å². The van der Waals surface area contributed by atoms with Crippen molar-refractivity contribution in [2.45, 2.75) is 49.7 Å². The Labute approximate surface area is 138 Å². The van der Waals surface area contributed by atoms with Crippen LogP contribution in [-0.4, -0.2) is 16.9 Å². The Morgan fingerprint density at radius 1 is 1.05 bits per heavy atom. The van der Waals surface area contributed by atoms with Gasteiger partial charge in [-0.2, -0.15) is 12.6 Å². The van der Waals surface area contributed by atoms with E-state index in [1.807, 2.05) is 0 Å². The zero-order chi connectivity index (χ0) is 15.7. The van der Waals surface area contributed by atoms with E-state index in [0.29, 0.717) is 5.92 Å². The molecule has 0 fully saturated rings. The maximum atomic E-state index is 2.58. The summed E-state index contributed by atoms with van der Waals surface area (Å²) in [7, 11) is -1.37. The molecule has 0 N–H and O–H groups in total. The number of fused-ring (bicyclic) bond motifs is 1. The first kappa shape index (κ1) is 15.8. The number of benzene rings is 1. The lowest BCUT2D eigenvalue weighted by Gasteiger charge is -2.32. The quantitative estimate of drug-likeness (QED) is 0.572. The molecule has 2 atom stereocenters. The summed E-state index contributed by atoms with van der Waals surface area (Å²) in [6.07, 6.45) is 12.2. The van der Waals surface area contributed by atoms with Crippen LogP contribution in [0.15, 0.2) is 54.1 Å². The lowest BCUT2D eigenvalue weighted by molar-refractivity contribution is 0.959. The molecule has 2 aliphatic rings. The van der Waals surface area contributed by atoms with Gasteiger partial charge in [-0.15, -0.1) is 17.7 Å². The second-order valence-electron chi connectivity index (χ2n) is 8.01. The fourth-order valence-electron chi connectivity index (χ4n) is 3.59. The molecule has 0 heterocycles. The predicted octanol–water partition coefficient (Wildman–Crippen LogP) is 6.13. The molecule has 116 valence electrons. The Bertz CT molecular complexity index is 631. The summed E-state index contributed by atoms with van der Waals surface area (Å²) in [5, 5.41) is 0. The van der Waals surface area contributed by atoms with Crippen LogP contribution in [0.25, 0.3) is 6.08 Å². The Kier molecular flexibility index (Phi) is 4.42. The van der Waals surface area contributed by atoms with Crippen LogP contribution in [0.5, 0.6) is 0 Å². The molecule has 2 unspecified atom stereocenters. The van der Waals surface area contributed by atoms with Crippen molar-refractivity contribution in [3.8, 4) is 0 Å². The molecule has 0 amide bonds. The van der Waals surface area contributed by atoms with Crippen molar-refractivity contribution in [3.05, 3.63) is 65.3 Å². The number of allylic oxidation sites excluding steroid dienone is 5. The fourth-order valence-corrected chi connectivity index (χ4v) is 7.30. The second-order valence-corrected chi connectivity index (χ2v) is 16.3. The van der Waals surface area contributed by atoms with Crippen LogP contribution in [-0.2, 0) is 0 Å². The zero-order valence-corrected chi connectivity index (χ0v) is 16.3. The first-order valence-corrected chi connectivity index (χ1v) is 14.4. The molecule has 22 heavy (non-hydrogen) atoms. The number of hydrogen-bond donors (Lipinski definition) is 0. The second kappa shape index (κ2) is 6.17. The predicted molar refractivity (Wildman–Crippen MR) is 104 cm³/mol. The van der Waals surface area contributed by atoms with Crippen LogP contribution < -0.4 is 0 Å². The summed E-state index contributed by atoms with van der Waals surface area (Å²) in [5.41, 5.74) is 5.31. The molecule has 3 rings (SSSR count). The molecule has 0 radical (unpaired) electrons. The summed E-state index contributed by atoms with van der Waals surface area (Å²) >= 11 is 0. The third kappa shape index (κ3) is 3.61. The normalized spacial score (nSPS) is 23.2. The van der Waals surface area contributed by atoms with Crippen molar-refractivity contribution >= 4 is 22.9 Å². The molecule has 0 saturated heterocycles. The van der Waals surface area contributed by atoms with Gasteiger partial charge in [0.25, 0.3) is 0 Å². The molecule has 0 bridgehead atoms. The summed E-state index contributed by atoms with van der Waals surface area (Å²) in [6, 6.07) is 11.6. The Hall–Kier alpha value is -1.13. The largest absolute Gasteiger partial charge is 0.249 e. The van der Waals surface area contributed by atoms with Gasteiger partial charge in [0, 0.05) is 8.07 Å². The standard InChI is InChI=1S/C20H27Si2/c1-21(19-12-9-16(13-19)15-22(2,3)4)14-18-11-10-17-7-5-6-8-20(17)18/h5-13,18-19H,14-15H2,1-4H3/q-1. The summed E-state index contributed by atoms with van der Waals surface area (Å²) in [6.45, 7) is 9.91. The van der Waals surface area contributed by atoms with E-state index in [1.165, 1.54) is 17.7 Å². The van der Waals surface area contributed by atoms with Gasteiger partial charge < -0.3 is 0 Å². The van der Waals surface area contributed by atoms with E-state index >= 15 is 0 Å². The van der Waals surface area contributed by atoms with E-state index in [4.69, 9.17) is 0 Å². The summed E-state index contributed by atoms with van der Waals surface area (Å²) < 4.78 is 0. The highest BCUT2D eigenvalue weighted by atomic mass is 28.3. The highest BCUT2D eigenvalue weighted by Gasteiger charge is 2.19. The van der Waals surface area contributed by atoms with Gasteiger partial charge in [0.05, 0.1) is 0 Å². The van der Waals surface area contributed by atoms with E-state index in [-0.39, 0.29) is 8.80 Å². The molecular weight excluding hydrogens is 296 g/mol. The van der Waals surface area contributed by atoms with E-state index in [9.17, 15) is 0 Å². The molecule has 1 aromatic carbocycles. The van der Waals surface area contributed by atoms with Crippen molar-refractivity contribution in [1.82, 2.24) is 0 Å². The number of hydrogen-bond acceptors (Lipinski definition) is 0. The smallest absolute Gasteiger partial charge is 0.0486 e. The molecule has 1 aromatic rings. The van der Waals surface area contributed by atoms with Gasteiger partial charge in [-0.25, -0.2) is 8.80 Å². The molecule has 0 aliphatic heterocycles. The number of rotatable bonds is 5.